The molecule has 2 heterocycles. The van der Waals surface area contributed by atoms with Gasteiger partial charge in [0.05, 0.1) is 10.6 Å². The normalized spacial score (nSPS) is 19.7. The summed E-state index contributed by atoms with van der Waals surface area (Å²) >= 11 is 0. The third kappa shape index (κ3) is 4.62. The summed E-state index contributed by atoms with van der Waals surface area (Å²) in [5, 5.41) is 0. The van der Waals surface area contributed by atoms with E-state index in [9.17, 15) is 13.2 Å². The van der Waals surface area contributed by atoms with E-state index in [4.69, 9.17) is 0 Å². The lowest BCUT2D eigenvalue weighted by Gasteiger charge is -2.28. The van der Waals surface area contributed by atoms with Crippen LogP contribution >= 0.6 is 0 Å². The summed E-state index contributed by atoms with van der Waals surface area (Å²) in [6, 6.07) is 14.0. The van der Waals surface area contributed by atoms with E-state index in [1.807, 2.05) is 11.8 Å². The maximum Gasteiger partial charge on any atom is 0.264 e. The van der Waals surface area contributed by atoms with Gasteiger partial charge < -0.3 is 9.80 Å². The van der Waals surface area contributed by atoms with Crippen molar-refractivity contribution in [2.24, 2.45) is 0 Å². The van der Waals surface area contributed by atoms with Crippen molar-refractivity contribution in [2.45, 2.75) is 43.5 Å². The van der Waals surface area contributed by atoms with Crippen molar-refractivity contribution in [1.82, 2.24) is 9.80 Å². The van der Waals surface area contributed by atoms with Crippen LogP contribution in [0.5, 0.6) is 0 Å². The van der Waals surface area contributed by atoms with Crippen molar-refractivity contribution in [2.75, 3.05) is 37.5 Å². The summed E-state index contributed by atoms with van der Waals surface area (Å²) in [6.45, 7) is 5.94. The Bertz CT molecular complexity index is 1010. The highest BCUT2D eigenvalue weighted by molar-refractivity contribution is 7.92. The SMILES string of the molecule is Cc1ccc(S(=O)(=O)N(C)c2ccc(C(=O)N3CCCC3CN3CCCC3)cc2)cc1. The molecule has 1 unspecified atom stereocenters. The highest BCUT2D eigenvalue weighted by atomic mass is 32.2. The van der Waals surface area contributed by atoms with Gasteiger partial charge in [0.1, 0.15) is 0 Å². The molecule has 0 saturated carbocycles. The van der Waals surface area contributed by atoms with Crippen LogP contribution in [0.25, 0.3) is 0 Å². The molecule has 2 aliphatic rings. The van der Waals surface area contributed by atoms with Crippen LogP contribution in [-0.4, -0.2) is 63.4 Å². The van der Waals surface area contributed by atoms with E-state index in [1.54, 1.807) is 55.6 Å². The molecule has 1 amide bonds. The van der Waals surface area contributed by atoms with Crippen LogP contribution in [0.1, 0.15) is 41.6 Å². The van der Waals surface area contributed by atoms with Crippen LogP contribution < -0.4 is 4.31 Å². The summed E-state index contributed by atoms with van der Waals surface area (Å²) in [6.07, 6.45) is 4.60. The monoisotopic (exact) mass is 441 g/mol. The van der Waals surface area contributed by atoms with E-state index in [0.29, 0.717) is 11.3 Å². The first-order chi connectivity index (χ1) is 14.9. The Kier molecular flexibility index (Phi) is 6.34. The van der Waals surface area contributed by atoms with Gasteiger partial charge >= 0.3 is 0 Å². The standard InChI is InChI=1S/C24H31N3O3S/c1-19-7-13-23(14-8-19)31(29,30)25(2)21-11-9-20(10-12-21)24(28)27-17-5-6-22(27)18-26-15-3-4-16-26/h7-14,22H,3-6,15-18H2,1-2H3. The molecule has 4 rings (SSSR count). The Morgan fingerprint density at radius 1 is 0.968 bits per heavy atom. The second-order valence-electron chi connectivity index (χ2n) is 8.63. The van der Waals surface area contributed by atoms with Gasteiger partial charge in [0, 0.05) is 31.7 Å². The van der Waals surface area contributed by atoms with Gasteiger partial charge in [-0.2, -0.15) is 0 Å². The summed E-state index contributed by atoms with van der Waals surface area (Å²) in [5.41, 5.74) is 2.15. The van der Waals surface area contributed by atoms with Gasteiger partial charge in [-0.25, -0.2) is 8.42 Å². The Morgan fingerprint density at radius 3 is 2.26 bits per heavy atom. The molecular formula is C24H31N3O3S. The van der Waals surface area contributed by atoms with Gasteiger partial charge in [-0.15, -0.1) is 0 Å². The quantitative estimate of drug-likeness (QED) is 0.688. The summed E-state index contributed by atoms with van der Waals surface area (Å²) in [7, 11) is -2.11. The van der Waals surface area contributed by atoms with E-state index < -0.39 is 10.0 Å². The van der Waals surface area contributed by atoms with Gasteiger partial charge in [0.15, 0.2) is 0 Å². The second kappa shape index (κ2) is 9.01. The number of aryl methyl sites for hydroxylation is 1. The summed E-state index contributed by atoms with van der Waals surface area (Å²) in [5.74, 6) is 0.0392. The predicted molar refractivity (Wildman–Crippen MR) is 123 cm³/mol. The maximum atomic E-state index is 13.1. The number of rotatable bonds is 6. The van der Waals surface area contributed by atoms with Crippen molar-refractivity contribution in [3.8, 4) is 0 Å². The van der Waals surface area contributed by atoms with Crippen LogP contribution in [-0.2, 0) is 10.0 Å². The fraction of sp³-hybridized carbons (Fsp3) is 0.458. The van der Waals surface area contributed by atoms with E-state index in [1.165, 1.54) is 17.1 Å². The smallest absolute Gasteiger partial charge is 0.264 e. The number of carbonyl (C=O) groups excluding carboxylic acids is 1. The highest BCUT2D eigenvalue weighted by Crippen LogP contribution is 2.26. The molecule has 0 N–H and O–H groups in total. The number of anilines is 1. The Balaban J connectivity index is 1.47. The van der Waals surface area contributed by atoms with E-state index >= 15 is 0 Å². The molecule has 31 heavy (non-hydrogen) atoms. The van der Waals surface area contributed by atoms with Gasteiger partial charge in [0.2, 0.25) is 0 Å². The van der Waals surface area contributed by atoms with Crippen LogP contribution in [0, 0.1) is 6.92 Å². The average molecular weight is 442 g/mol. The lowest BCUT2D eigenvalue weighted by atomic mass is 10.1. The zero-order valence-corrected chi connectivity index (χ0v) is 19.1. The highest BCUT2D eigenvalue weighted by Gasteiger charge is 2.31. The number of likely N-dealkylation sites (tertiary alicyclic amines) is 2. The molecule has 0 spiro atoms. The molecule has 7 heteroatoms. The second-order valence-corrected chi connectivity index (χ2v) is 10.6. The number of benzene rings is 2. The minimum atomic E-state index is -3.65. The Morgan fingerprint density at radius 2 is 1.61 bits per heavy atom. The number of carbonyl (C=O) groups is 1. The zero-order chi connectivity index (χ0) is 22.0. The number of hydrogen-bond acceptors (Lipinski definition) is 4. The number of sulfonamides is 1. The van der Waals surface area contributed by atoms with Crippen molar-refractivity contribution in [3.05, 3.63) is 59.7 Å². The fourth-order valence-electron chi connectivity index (χ4n) is 4.54. The van der Waals surface area contributed by atoms with Crippen molar-refractivity contribution >= 4 is 21.6 Å². The number of hydrogen-bond donors (Lipinski definition) is 0. The minimum absolute atomic E-state index is 0.0392. The van der Waals surface area contributed by atoms with Crippen molar-refractivity contribution in [3.63, 3.8) is 0 Å². The molecular weight excluding hydrogens is 410 g/mol. The topological polar surface area (TPSA) is 60.9 Å². The zero-order valence-electron chi connectivity index (χ0n) is 18.3. The maximum absolute atomic E-state index is 13.1. The molecule has 2 saturated heterocycles. The Labute approximate surface area is 185 Å². The summed E-state index contributed by atoms with van der Waals surface area (Å²) in [4.78, 5) is 17.9. The van der Waals surface area contributed by atoms with Crippen LogP contribution in [0.4, 0.5) is 5.69 Å². The molecule has 6 nitrogen and oxygen atoms in total. The molecule has 2 fully saturated rings. The summed E-state index contributed by atoms with van der Waals surface area (Å²) < 4.78 is 27.1. The van der Waals surface area contributed by atoms with Gasteiger partial charge in [0.25, 0.3) is 15.9 Å². The largest absolute Gasteiger partial charge is 0.334 e. The molecule has 2 aromatic rings. The molecule has 2 aromatic carbocycles. The van der Waals surface area contributed by atoms with E-state index in [-0.39, 0.29) is 16.8 Å². The van der Waals surface area contributed by atoms with Crippen LogP contribution in [0.3, 0.4) is 0 Å². The molecule has 0 aromatic heterocycles. The molecule has 0 radical (unpaired) electrons. The predicted octanol–water partition coefficient (Wildman–Crippen LogP) is 3.52. The van der Waals surface area contributed by atoms with Crippen LogP contribution in [0.15, 0.2) is 53.4 Å². The third-order valence-electron chi connectivity index (χ3n) is 6.46. The lowest BCUT2D eigenvalue weighted by Crippen LogP contribution is -2.42. The fourth-order valence-corrected chi connectivity index (χ4v) is 5.74. The number of nitrogens with zero attached hydrogens (tertiary/aromatic N) is 3. The van der Waals surface area contributed by atoms with Crippen LogP contribution in [0.2, 0.25) is 0 Å². The molecule has 0 bridgehead atoms. The molecule has 0 aliphatic carbocycles. The van der Waals surface area contributed by atoms with Gasteiger partial charge in [-0.3, -0.25) is 9.10 Å². The van der Waals surface area contributed by atoms with Gasteiger partial charge in [-0.1, -0.05) is 17.7 Å². The Hall–Kier alpha value is -2.38. The molecule has 2 aliphatic heterocycles. The lowest BCUT2D eigenvalue weighted by molar-refractivity contribution is 0.0709. The first-order valence-electron chi connectivity index (χ1n) is 11.1. The first-order valence-corrected chi connectivity index (χ1v) is 12.5. The van der Waals surface area contributed by atoms with E-state index in [2.05, 4.69) is 4.90 Å². The number of amides is 1. The van der Waals surface area contributed by atoms with E-state index in [0.717, 1.165) is 44.6 Å². The third-order valence-corrected chi connectivity index (χ3v) is 8.26. The molecule has 166 valence electrons. The van der Waals surface area contributed by atoms with Gasteiger partial charge in [-0.05, 0) is 82.1 Å². The minimum Gasteiger partial charge on any atom is -0.334 e. The average Bonchev–Trinajstić information content (AvgIpc) is 3.46. The first kappa shape index (κ1) is 21.8. The molecule has 1 atom stereocenters. The van der Waals surface area contributed by atoms with Crippen molar-refractivity contribution < 1.29 is 13.2 Å². The van der Waals surface area contributed by atoms with Crippen molar-refractivity contribution in [1.29, 1.82) is 0 Å².